The first kappa shape index (κ1) is 17.5. The third kappa shape index (κ3) is 3.54. The largest absolute Gasteiger partial charge is 0.493 e. The first-order valence-corrected chi connectivity index (χ1v) is 8.22. The molecule has 1 aromatic heterocycles. The molecule has 0 fully saturated rings. The van der Waals surface area contributed by atoms with E-state index in [9.17, 15) is 4.79 Å². The number of rotatable bonds is 6. The van der Waals surface area contributed by atoms with Crippen LogP contribution in [0.25, 0.3) is 23.2 Å². The van der Waals surface area contributed by atoms with Crippen LogP contribution in [0.2, 0.25) is 0 Å². The zero-order chi connectivity index (χ0) is 18.5. The van der Waals surface area contributed by atoms with Crippen LogP contribution in [0.4, 0.5) is 0 Å². The van der Waals surface area contributed by atoms with Crippen molar-refractivity contribution in [3.05, 3.63) is 53.3 Å². The van der Waals surface area contributed by atoms with Gasteiger partial charge in [-0.15, -0.1) is 0 Å². The molecule has 2 aromatic carbocycles. The summed E-state index contributed by atoms with van der Waals surface area (Å²) in [4.78, 5) is 19.5. The lowest BCUT2D eigenvalue weighted by Gasteiger charge is -2.09. The standard InChI is InChI=1S/C20H20N2O4/c1-4-26-16-10-8-13(12-17(16)24-2)9-11-18-21-15-7-5-6-14(19(15)22-18)20(23)25-3/h5-12H,4H2,1-3H3,(H,21,22)/b11-9+. The lowest BCUT2D eigenvalue weighted by molar-refractivity contribution is 0.0603. The highest BCUT2D eigenvalue weighted by molar-refractivity contribution is 6.02. The number of benzene rings is 2. The number of imidazole rings is 1. The minimum Gasteiger partial charge on any atom is -0.493 e. The van der Waals surface area contributed by atoms with Gasteiger partial charge in [0.2, 0.25) is 0 Å². The highest BCUT2D eigenvalue weighted by Crippen LogP contribution is 2.28. The van der Waals surface area contributed by atoms with Crippen molar-refractivity contribution >= 4 is 29.2 Å². The van der Waals surface area contributed by atoms with Crippen LogP contribution >= 0.6 is 0 Å². The Bertz CT molecular complexity index is 960. The quantitative estimate of drug-likeness (QED) is 0.681. The number of hydrogen-bond donors (Lipinski definition) is 1. The number of nitrogens with one attached hydrogen (secondary N) is 1. The Morgan fingerprint density at radius 3 is 2.73 bits per heavy atom. The van der Waals surface area contributed by atoms with Gasteiger partial charge in [-0.1, -0.05) is 18.2 Å². The van der Waals surface area contributed by atoms with Gasteiger partial charge in [0.05, 0.1) is 31.9 Å². The van der Waals surface area contributed by atoms with Crippen LogP contribution in [0.3, 0.4) is 0 Å². The zero-order valence-corrected chi connectivity index (χ0v) is 14.9. The molecule has 0 spiro atoms. The summed E-state index contributed by atoms with van der Waals surface area (Å²) in [6.45, 7) is 2.50. The van der Waals surface area contributed by atoms with Gasteiger partial charge in [0.1, 0.15) is 11.3 Å². The van der Waals surface area contributed by atoms with Crippen molar-refractivity contribution < 1.29 is 19.0 Å². The Morgan fingerprint density at radius 2 is 2.00 bits per heavy atom. The molecule has 0 bridgehead atoms. The molecular weight excluding hydrogens is 332 g/mol. The molecule has 134 valence electrons. The van der Waals surface area contributed by atoms with Crippen molar-refractivity contribution in [2.24, 2.45) is 0 Å². The zero-order valence-electron chi connectivity index (χ0n) is 14.9. The SMILES string of the molecule is CCOc1ccc(/C=C/c2nc3c(C(=O)OC)cccc3[nH]2)cc1OC. The van der Waals surface area contributed by atoms with Crippen molar-refractivity contribution in [2.75, 3.05) is 20.8 Å². The fraction of sp³-hybridized carbons (Fsp3) is 0.200. The number of esters is 1. The second-order valence-electron chi connectivity index (χ2n) is 5.49. The topological polar surface area (TPSA) is 73.4 Å². The summed E-state index contributed by atoms with van der Waals surface area (Å²) < 4.78 is 15.7. The predicted molar refractivity (Wildman–Crippen MR) is 101 cm³/mol. The molecule has 0 aliphatic heterocycles. The molecule has 0 aliphatic carbocycles. The average molecular weight is 352 g/mol. The number of ether oxygens (including phenoxy) is 3. The highest BCUT2D eigenvalue weighted by atomic mass is 16.5. The van der Waals surface area contributed by atoms with E-state index in [0.29, 0.717) is 35.0 Å². The molecule has 1 N–H and O–H groups in total. The van der Waals surface area contributed by atoms with E-state index in [4.69, 9.17) is 14.2 Å². The number of H-pyrrole nitrogens is 1. The Balaban J connectivity index is 1.90. The van der Waals surface area contributed by atoms with Gasteiger partial charge in [0.15, 0.2) is 11.5 Å². The molecule has 6 nitrogen and oxygen atoms in total. The Labute approximate surface area is 151 Å². The first-order valence-electron chi connectivity index (χ1n) is 8.22. The van der Waals surface area contributed by atoms with Gasteiger partial charge in [-0.05, 0) is 42.8 Å². The number of hydrogen-bond acceptors (Lipinski definition) is 5. The Hall–Kier alpha value is -3.28. The van der Waals surface area contributed by atoms with E-state index in [1.807, 2.05) is 43.3 Å². The summed E-state index contributed by atoms with van der Waals surface area (Å²) in [7, 11) is 2.97. The number of aromatic amines is 1. The fourth-order valence-electron chi connectivity index (χ4n) is 2.64. The third-order valence-corrected chi connectivity index (χ3v) is 3.86. The molecule has 3 aromatic rings. The molecular formula is C20H20N2O4. The Kier molecular flexibility index (Phi) is 5.22. The van der Waals surface area contributed by atoms with Gasteiger partial charge in [0, 0.05) is 0 Å². The van der Waals surface area contributed by atoms with E-state index in [-0.39, 0.29) is 0 Å². The van der Waals surface area contributed by atoms with E-state index in [0.717, 1.165) is 11.1 Å². The summed E-state index contributed by atoms with van der Waals surface area (Å²) in [5.41, 5.74) is 2.74. The smallest absolute Gasteiger partial charge is 0.340 e. The number of aromatic nitrogens is 2. The van der Waals surface area contributed by atoms with Gasteiger partial charge in [0.25, 0.3) is 0 Å². The highest BCUT2D eigenvalue weighted by Gasteiger charge is 2.13. The van der Waals surface area contributed by atoms with Crippen molar-refractivity contribution in [2.45, 2.75) is 6.92 Å². The van der Waals surface area contributed by atoms with Gasteiger partial charge < -0.3 is 19.2 Å². The van der Waals surface area contributed by atoms with E-state index in [1.165, 1.54) is 7.11 Å². The summed E-state index contributed by atoms with van der Waals surface area (Å²) in [6, 6.07) is 11.1. The van der Waals surface area contributed by atoms with Crippen molar-refractivity contribution in [3.63, 3.8) is 0 Å². The van der Waals surface area contributed by atoms with E-state index in [1.54, 1.807) is 19.2 Å². The monoisotopic (exact) mass is 352 g/mol. The summed E-state index contributed by atoms with van der Waals surface area (Å²) >= 11 is 0. The lowest BCUT2D eigenvalue weighted by atomic mass is 10.2. The molecule has 0 aliphatic rings. The second kappa shape index (κ2) is 7.74. The van der Waals surface area contributed by atoms with Crippen molar-refractivity contribution in [3.8, 4) is 11.5 Å². The first-order chi connectivity index (χ1) is 12.7. The minimum atomic E-state index is -0.408. The summed E-state index contributed by atoms with van der Waals surface area (Å²) in [6.07, 6.45) is 3.75. The molecule has 26 heavy (non-hydrogen) atoms. The lowest BCUT2D eigenvalue weighted by Crippen LogP contribution is -2.01. The van der Waals surface area contributed by atoms with Crippen LogP contribution in [0.15, 0.2) is 36.4 Å². The van der Waals surface area contributed by atoms with Crippen LogP contribution in [0.5, 0.6) is 11.5 Å². The Morgan fingerprint density at radius 1 is 1.15 bits per heavy atom. The van der Waals surface area contributed by atoms with Crippen LogP contribution < -0.4 is 9.47 Å². The van der Waals surface area contributed by atoms with Crippen LogP contribution in [-0.4, -0.2) is 36.8 Å². The van der Waals surface area contributed by atoms with Crippen molar-refractivity contribution in [1.29, 1.82) is 0 Å². The number of fused-ring (bicyclic) bond motifs is 1. The molecule has 0 unspecified atom stereocenters. The third-order valence-electron chi connectivity index (χ3n) is 3.86. The number of carbonyl (C=O) groups excluding carboxylic acids is 1. The van der Waals surface area contributed by atoms with Crippen molar-refractivity contribution in [1.82, 2.24) is 9.97 Å². The normalized spacial score (nSPS) is 11.0. The summed E-state index contributed by atoms with van der Waals surface area (Å²) in [5.74, 6) is 1.61. The number of nitrogens with zero attached hydrogens (tertiary/aromatic N) is 1. The van der Waals surface area contributed by atoms with Crippen LogP contribution in [0.1, 0.15) is 28.7 Å². The molecule has 0 atom stereocenters. The molecule has 3 rings (SSSR count). The predicted octanol–water partition coefficient (Wildman–Crippen LogP) is 3.93. The van der Waals surface area contributed by atoms with E-state index in [2.05, 4.69) is 9.97 Å². The fourth-order valence-corrected chi connectivity index (χ4v) is 2.64. The van der Waals surface area contributed by atoms with E-state index < -0.39 is 5.97 Å². The van der Waals surface area contributed by atoms with Crippen LogP contribution in [-0.2, 0) is 4.74 Å². The van der Waals surface area contributed by atoms with Crippen LogP contribution in [0, 0.1) is 0 Å². The maximum absolute atomic E-state index is 11.9. The van der Waals surface area contributed by atoms with Gasteiger partial charge in [-0.3, -0.25) is 0 Å². The average Bonchev–Trinajstić information content (AvgIpc) is 3.09. The molecule has 0 saturated carbocycles. The van der Waals surface area contributed by atoms with Gasteiger partial charge in [-0.2, -0.15) is 0 Å². The maximum Gasteiger partial charge on any atom is 0.340 e. The van der Waals surface area contributed by atoms with E-state index >= 15 is 0 Å². The molecule has 6 heteroatoms. The van der Waals surface area contributed by atoms with Gasteiger partial charge >= 0.3 is 5.97 Å². The minimum absolute atomic E-state index is 0.408. The number of methoxy groups -OCH3 is 2. The molecule has 1 heterocycles. The second-order valence-corrected chi connectivity index (χ2v) is 5.49. The molecule has 0 radical (unpaired) electrons. The summed E-state index contributed by atoms with van der Waals surface area (Å²) in [5, 5.41) is 0. The number of para-hydroxylation sites is 1. The molecule has 0 amide bonds. The number of carbonyl (C=O) groups is 1. The maximum atomic E-state index is 11.9. The molecule has 0 saturated heterocycles. The van der Waals surface area contributed by atoms with Gasteiger partial charge in [-0.25, -0.2) is 9.78 Å².